The van der Waals surface area contributed by atoms with Crippen molar-refractivity contribution in [2.45, 2.75) is 0 Å². The maximum absolute atomic E-state index is 11.0. The van der Waals surface area contributed by atoms with E-state index in [1.54, 1.807) is 18.3 Å². The summed E-state index contributed by atoms with van der Waals surface area (Å²) in [5.74, 6) is -1.03. The van der Waals surface area contributed by atoms with Gasteiger partial charge < -0.3 is 5.11 Å². The number of benzene rings is 2. The van der Waals surface area contributed by atoms with E-state index in [1.165, 1.54) is 6.07 Å². The van der Waals surface area contributed by atoms with Crippen LogP contribution in [0.3, 0.4) is 0 Å². The molecule has 5 heteroatoms. The molecule has 0 fully saturated rings. The first-order valence-corrected chi connectivity index (χ1v) is 7.37. The molecule has 0 saturated heterocycles. The number of hydrogen-bond acceptors (Lipinski definition) is 4. The van der Waals surface area contributed by atoms with E-state index in [4.69, 9.17) is 5.11 Å². The number of aromatic nitrogens is 1. The van der Waals surface area contributed by atoms with Gasteiger partial charge in [-0.25, -0.2) is 9.78 Å². The van der Waals surface area contributed by atoms with E-state index in [1.807, 2.05) is 54.6 Å². The number of rotatable bonds is 5. The maximum Gasteiger partial charge on any atom is 0.354 e. The van der Waals surface area contributed by atoms with E-state index in [2.05, 4.69) is 15.5 Å². The van der Waals surface area contributed by atoms with E-state index in [-0.39, 0.29) is 5.69 Å². The second kappa shape index (κ2) is 7.19. The molecule has 0 amide bonds. The van der Waals surface area contributed by atoms with Crippen molar-refractivity contribution in [2.24, 2.45) is 5.10 Å². The normalized spacial score (nSPS) is 10.7. The smallest absolute Gasteiger partial charge is 0.354 e. The van der Waals surface area contributed by atoms with Crippen LogP contribution >= 0.6 is 0 Å². The van der Waals surface area contributed by atoms with Crippen molar-refractivity contribution in [3.8, 4) is 11.3 Å². The summed E-state index contributed by atoms with van der Waals surface area (Å²) >= 11 is 0. The average molecular weight is 317 g/mol. The van der Waals surface area contributed by atoms with Crippen molar-refractivity contribution in [1.82, 2.24) is 4.98 Å². The molecule has 0 aliphatic rings. The fourth-order valence-electron chi connectivity index (χ4n) is 2.15. The van der Waals surface area contributed by atoms with Crippen LogP contribution in [0.15, 0.2) is 77.9 Å². The van der Waals surface area contributed by atoms with Crippen LogP contribution in [0.1, 0.15) is 16.1 Å². The summed E-state index contributed by atoms with van der Waals surface area (Å²) in [6, 6.07) is 22.2. The van der Waals surface area contributed by atoms with Gasteiger partial charge in [0.2, 0.25) is 0 Å². The second-order valence-corrected chi connectivity index (χ2v) is 5.07. The van der Waals surface area contributed by atoms with Crippen molar-refractivity contribution in [3.63, 3.8) is 0 Å². The highest BCUT2D eigenvalue weighted by Crippen LogP contribution is 2.17. The molecule has 0 radical (unpaired) electrons. The van der Waals surface area contributed by atoms with Gasteiger partial charge in [-0.15, -0.1) is 0 Å². The molecule has 1 aromatic heterocycles. The highest BCUT2D eigenvalue weighted by atomic mass is 16.4. The van der Waals surface area contributed by atoms with Crippen LogP contribution in [0.25, 0.3) is 11.3 Å². The highest BCUT2D eigenvalue weighted by Gasteiger charge is 2.06. The van der Waals surface area contributed by atoms with Crippen LogP contribution in [0, 0.1) is 0 Å². The number of anilines is 1. The Kier molecular flexibility index (Phi) is 4.62. The molecule has 1 heterocycles. The van der Waals surface area contributed by atoms with Gasteiger partial charge in [-0.2, -0.15) is 5.10 Å². The Bertz CT molecular complexity index is 859. The summed E-state index contributed by atoms with van der Waals surface area (Å²) in [4.78, 5) is 15.1. The predicted molar refractivity (Wildman–Crippen MR) is 94.3 cm³/mol. The second-order valence-electron chi connectivity index (χ2n) is 5.07. The van der Waals surface area contributed by atoms with Gasteiger partial charge in [0.25, 0.3) is 0 Å². The van der Waals surface area contributed by atoms with E-state index in [9.17, 15) is 4.79 Å². The lowest BCUT2D eigenvalue weighted by atomic mass is 10.1. The molecule has 0 bridgehead atoms. The predicted octanol–water partition coefficient (Wildman–Crippen LogP) is 3.89. The van der Waals surface area contributed by atoms with Gasteiger partial charge in [0.05, 0.1) is 17.6 Å². The molecule has 118 valence electrons. The third-order valence-electron chi connectivity index (χ3n) is 3.36. The van der Waals surface area contributed by atoms with Crippen LogP contribution < -0.4 is 5.43 Å². The molecular weight excluding hydrogens is 302 g/mol. The van der Waals surface area contributed by atoms with Crippen molar-refractivity contribution < 1.29 is 9.90 Å². The summed E-state index contributed by atoms with van der Waals surface area (Å²) in [7, 11) is 0. The number of carboxylic acid groups (broad SMARTS) is 1. The Morgan fingerprint density at radius 2 is 1.71 bits per heavy atom. The fraction of sp³-hybridized carbons (Fsp3) is 0. The molecule has 0 aliphatic carbocycles. The minimum Gasteiger partial charge on any atom is -0.477 e. The van der Waals surface area contributed by atoms with Crippen molar-refractivity contribution in [2.75, 3.05) is 5.43 Å². The largest absolute Gasteiger partial charge is 0.477 e. The molecule has 3 rings (SSSR count). The first-order valence-electron chi connectivity index (χ1n) is 7.37. The number of pyridine rings is 1. The summed E-state index contributed by atoms with van der Waals surface area (Å²) in [6.07, 6.45) is 1.72. The lowest BCUT2D eigenvalue weighted by molar-refractivity contribution is 0.0690. The van der Waals surface area contributed by atoms with Crippen LogP contribution in [0.5, 0.6) is 0 Å². The monoisotopic (exact) mass is 317 g/mol. The van der Waals surface area contributed by atoms with Crippen molar-refractivity contribution in [3.05, 3.63) is 84.1 Å². The minimum atomic E-state index is -1.03. The third-order valence-corrected chi connectivity index (χ3v) is 3.36. The number of nitrogens with zero attached hydrogens (tertiary/aromatic N) is 2. The van der Waals surface area contributed by atoms with Crippen LogP contribution in [0.2, 0.25) is 0 Å². The number of hydrogen-bond donors (Lipinski definition) is 2. The van der Waals surface area contributed by atoms with Crippen LogP contribution in [-0.4, -0.2) is 22.3 Å². The van der Waals surface area contributed by atoms with Gasteiger partial charge in [-0.05, 0) is 29.8 Å². The number of hydrazone groups is 1. The molecule has 2 N–H and O–H groups in total. The zero-order valence-electron chi connectivity index (χ0n) is 12.8. The SMILES string of the molecule is O=C(O)c1cccc(-c2ccc(C=NNc3ccccc3)cc2)n1. The molecule has 0 atom stereocenters. The zero-order chi connectivity index (χ0) is 16.8. The van der Waals surface area contributed by atoms with E-state index in [0.29, 0.717) is 5.69 Å². The third kappa shape index (κ3) is 3.84. The lowest BCUT2D eigenvalue weighted by Crippen LogP contribution is -2.00. The summed E-state index contributed by atoms with van der Waals surface area (Å²) in [6.45, 7) is 0. The molecule has 24 heavy (non-hydrogen) atoms. The summed E-state index contributed by atoms with van der Waals surface area (Å²) in [5.41, 5.74) is 6.31. The van der Waals surface area contributed by atoms with Crippen LogP contribution in [-0.2, 0) is 0 Å². The molecule has 2 aromatic carbocycles. The quantitative estimate of drug-likeness (QED) is 0.553. The Balaban J connectivity index is 1.71. The van der Waals surface area contributed by atoms with Gasteiger partial charge in [-0.3, -0.25) is 5.43 Å². The number of nitrogens with one attached hydrogen (secondary N) is 1. The first-order chi connectivity index (χ1) is 11.7. The van der Waals surface area contributed by atoms with Gasteiger partial charge >= 0.3 is 5.97 Å². The van der Waals surface area contributed by atoms with E-state index < -0.39 is 5.97 Å². The molecule has 5 nitrogen and oxygen atoms in total. The standard InChI is InChI=1S/C19H15N3O2/c23-19(24)18-8-4-7-17(21-18)15-11-9-14(10-12-15)13-20-22-16-5-2-1-3-6-16/h1-13,22H,(H,23,24). The number of carboxylic acids is 1. The lowest BCUT2D eigenvalue weighted by Gasteiger charge is -2.03. The zero-order valence-corrected chi connectivity index (χ0v) is 12.8. The Labute approximate surface area is 139 Å². The highest BCUT2D eigenvalue weighted by molar-refractivity contribution is 5.86. The van der Waals surface area contributed by atoms with Gasteiger partial charge in [0.1, 0.15) is 5.69 Å². The molecule has 3 aromatic rings. The Hall–Kier alpha value is -3.47. The minimum absolute atomic E-state index is 0.0326. The first kappa shape index (κ1) is 15.4. The molecule has 0 aliphatic heterocycles. The van der Waals surface area contributed by atoms with Gasteiger partial charge in [-0.1, -0.05) is 48.5 Å². The molecule has 0 unspecified atom stereocenters. The van der Waals surface area contributed by atoms with E-state index in [0.717, 1.165) is 16.8 Å². The Morgan fingerprint density at radius 3 is 2.42 bits per heavy atom. The number of para-hydroxylation sites is 1. The van der Waals surface area contributed by atoms with Gasteiger partial charge in [0.15, 0.2) is 0 Å². The fourth-order valence-corrected chi connectivity index (χ4v) is 2.15. The summed E-state index contributed by atoms with van der Waals surface area (Å²) in [5, 5.41) is 13.2. The average Bonchev–Trinajstić information content (AvgIpc) is 2.63. The molecular formula is C19H15N3O2. The maximum atomic E-state index is 11.0. The van der Waals surface area contributed by atoms with Crippen molar-refractivity contribution in [1.29, 1.82) is 0 Å². The molecule has 0 spiro atoms. The number of carbonyl (C=O) groups is 1. The summed E-state index contributed by atoms with van der Waals surface area (Å²) < 4.78 is 0. The topological polar surface area (TPSA) is 74.6 Å². The van der Waals surface area contributed by atoms with Crippen LogP contribution in [0.4, 0.5) is 5.69 Å². The Morgan fingerprint density at radius 1 is 0.958 bits per heavy atom. The molecule has 0 saturated carbocycles. The van der Waals surface area contributed by atoms with Gasteiger partial charge in [0, 0.05) is 5.56 Å². The number of aromatic carboxylic acids is 1. The van der Waals surface area contributed by atoms with Crippen molar-refractivity contribution >= 4 is 17.9 Å². The van der Waals surface area contributed by atoms with E-state index >= 15 is 0 Å².